The van der Waals surface area contributed by atoms with Crippen LogP contribution in [0, 0.1) is 20.8 Å². The van der Waals surface area contributed by atoms with Crippen molar-refractivity contribution in [3.05, 3.63) is 70.9 Å². The normalized spacial score (nSPS) is 10.8. The number of rotatable bonds is 4. The topological polar surface area (TPSA) is 51.3 Å². The lowest BCUT2D eigenvalue weighted by atomic mass is 10.1. The fraction of sp³-hybridized carbons (Fsp3) is 0.263. The lowest BCUT2D eigenvalue weighted by Gasteiger charge is -2.16. The molecule has 0 aliphatic rings. The Bertz CT molecular complexity index is 862. The maximum absolute atomic E-state index is 12.9. The monoisotopic (exact) mass is 323 g/mol. The Hall–Kier alpha value is -2.82. The van der Waals surface area contributed by atoms with Crippen molar-refractivity contribution in [2.75, 3.05) is 7.05 Å². The molecule has 3 rings (SSSR count). The molecule has 1 aromatic carbocycles. The van der Waals surface area contributed by atoms with E-state index in [-0.39, 0.29) is 5.91 Å². The highest BCUT2D eigenvalue weighted by atomic mass is 16.3. The molecule has 0 radical (unpaired) electrons. The molecule has 3 aromatic rings. The molecule has 124 valence electrons. The largest absolute Gasteiger partial charge is 0.464 e. The Kier molecular flexibility index (Phi) is 4.25. The maximum atomic E-state index is 12.9. The predicted molar refractivity (Wildman–Crippen MR) is 92.3 cm³/mol. The Labute approximate surface area is 141 Å². The first-order valence-corrected chi connectivity index (χ1v) is 7.90. The minimum atomic E-state index is -0.0544. The van der Waals surface area contributed by atoms with Crippen LogP contribution in [0.4, 0.5) is 0 Å². The number of nitrogens with zero attached hydrogens (tertiary/aromatic N) is 3. The van der Waals surface area contributed by atoms with Gasteiger partial charge in [-0.25, -0.2) is 4.68 Å². The number of furan rings is 1. The van der Waals surface area contributed by atoms with E-state index in [0.717, 1.165) is 28.6 Å². The van der Waals surface area contributed by atoms with Crippen molar-refractivity contribution < 1.29 is 9.21 Å². The predicted octanol–water partition coefficient (Wildman–Crippen LogP) is 3.66. The molecule has 1 amide bonds. The van der Waals surface area contributed by atoms with E-state index in [2.05, 4.69) is 5.10 Å². The fourth-order valence-corrected chi connectivity index (χ4v) is 2.84. The molecular weight excluding hydrogens is 302 g/mol. The highest BCUT2D eigenvalue weighted by Gasteiger charge is 2.22. The van der Waals surface area contributed by atoms with Gasteiger partial charge in [0.05, 0.1) is 29.2 Å². The highest BCUT2D eigenvalue weighted by Crippen LogP contribution is 2.20. The zero-order chi connectivity index (χ0) is 17.3. The zero-order valence-corrected chi connectivity index (χ0v) is 14.4. The first-order valence-electron chi connectivity index (χ1n) is 7.90. The van der Waals surface area contributed by atoms with Gasteiger partial charge >= 0.3 is 0 Å². The standard InChI is InChI=1S/C19H21N3O2/c1-13-10-11-17(24-13)12-21(4)19(23)18-14(2)20-22(15(18)3)16-8-6-5-7-9-16/h5-11H,12H2,1-4H3. The van der Waals surface area contributed by atoms with Crippen LogP contribution in [-0.2, 0) is 6.54 Å². The SMILES string of the molecule is Cc1ccc(CN(C)C(=O)c2c(C)nn(-c3ccccc3)c2C)o1. The first-order chi connectivity index (χ1) is 11.5. The van der Waals surface area contributed by atoms with Gasteiger partial charge < -0.3 is 9.32 Å². The Morgan fingerprint density at radius 2 is 1.83 bits per heavy atom. The zero-order valence-electron chi connectivity index (χ0n) is 14.4. The van der Waals surface area contributed by atoms with Gasteiger partial charge in [-0.3, -0.25) is 4.79 Å². The minimum Gasteiger partial charge on any atom is -0.464 e. The van der Waals surface area contributed by atoms with Crippen molar-refractivity contribution in [1.29, 1.82) is 0 Å². The summed E-state index contributed by atoms with van der Waals surface area (Å²) < 4.78 is 7.37. The summed E-state index contributed by atoms with van der Waals surface area (Å²) in [6.07, 6.45) is 0. The number of carbonyl (C=O) groups excluding carboxylic acids is 1. The van der Waals surface area contributed by atoms with E-state index in [1.54, 1.807) is 11.9 Å². The molecule has 2 aromatic heterocycles. The molecule has 0 spiro atoms. The molecule has 0 bridgehead atoms. The lowest BCUT2D eigenvalue weighted by Crippen LogP contribution is -2.27. The van der Waals surface area contributed by atoms with E-state index in [4.69, 9.17) is 4.42 Å². The van der Waals surface area contributed by atoms with Crippen molar-refractivity contribution in [3.8, 4) is 5.69 Å². The summed E-state index contributed by atoms with van der Waals surface area (Å²) >= 11 is 0. The number of hydrogen-bond acceptors (Lipinski definition) is 3. The van der Waals surface area contributed by atoms with Gasteiger partial charge in [-0.1, -0.05) is 18.2 Å². The van der Waals surface area contributed by atoms with Crippen molar-refractivity contribution in [3.63, 3.8) is 0 Å². The summed E-state index contributed by atoms with van der Waals surface area (Å²) in [5, 5.41) is 4.54. The van der Waals surface area contributed by atoms with Gasteiger partial charge in [0.2, 0.25) is 0 Å². The van der Waals surface area contributed by atoms with Gasteiger partial charge in [-0.2, -0.15) is 5.10 Å². The van der Waals surface area contributed by atoms with Crippen LogP contribution in [0.5, 0.6) is 0 Å². The first kappa shape index (κ1) is 16.1. The number of aromatic nitrogens is 2. The molecule has 2 heterocycles. The van der Waals surface area contributed by atoms with Gasteiger partial charge in [-0.05, 0) is 45.0 Å². The molecule has 0 aliphatic carbocycles. The summed E-state index contributed by atoms with van der Waals surface area (Å²) in [7, 11) is 1.78. The summed E-state index contributed by atoms with van der Waals surface area (Å²) in [4.78, 5) is 14.5. The van der Waals surface area contributed by atoms with E-state index in [9.17, 15) is 4.79 Å². The van der Waals surface area contributed by atoms with Crippen LogP contribution >= 0.6 is 0 Å². The molecule has 0 aliphatic heterocycles. The quantitative estimate of drug-likeness (QED) is 0.736. The lowest BCUT2D eigenvalue weighted by molar-refractivity contribution is 0.0773. The second kappa shape index (κ2) is 6.35. The van der Waals surface area contributed by atoms with E-state index >= 15 is 0 Å². The summed E-state index contributed by atoms with van der Waals surface area (Å²) in [5.74, 6) is 1.56. The fourth-order valence-electron chi connectivity index (χ4n) is 2.84. The Morgan fingerprint density at radius 1 is 1.12 bits per heavy atom. The van der Waals surface area contributed by atoms with Gasteiger partial charge in [-0.15, -0.1) is 0 Å². The van der Waals surface area contributed by atoms with Crippen molar-refractivity contribution in [1.82, 2.24) is 14.7 Å². The van der Waals surface area contributed by atoms with Crippen LogP contribution in [0.25, 0.3) is 5.69 Å². The van der Waals surface area contributed by atoms with Crippen LogP contribution in [0.15, 0.2) is 46.9 Å². The van der Waals surface area contributed by atoms with Gasteiger partial charge in [0.1, 0.15) is 11.5 Å². The Morgan fingerprint density at radius 3 is 2.46 bits per heavy atom. The van der Waals surface area contributed by atoms with Crippen LogP contribution in [0.1, 0.15) is 33.3 Å². The number of hydrogen-bond donors (Lipinski definition) is 0. The van der Waals surface area contributed by atoms with E-state index in [1.165, 1.54) is 0 Å². The molecule has 0 saturated carbocycles. The second-order valence-corrected chi connectivity index (χ2v) is 5.97. The third-order valence-corrected chi connectivity index (χ3v) is 4.04. The van der Waals surface area contributed by atoms with E-state index in [0.29, 0.717) is 12.1 Å². The van der Waals surface area contributed by atoms with Gasteiger partial charge in [0, 0.05) is 7.05 Å². The van der Waals surface area contributed by atoms with E-state index in [1.807, 2.05) is 67.9 Å². The van der Waals surface area contributed by atoms with Crippen LogP contribution in [0.2, 0.25) is 0 Å². The molecule has 5 heteroatoms. The van der Waals surface area contributed by atoms with Crippen molar-refractivity contribution in [2.24, 2.45) is 0 Å². The van der Waals surface area contributed by atoms with Crippen molar-refractivity contribution >= 4 is 5.91 Å². The van der Waals surface area contributed by atoms with Gasteiger partial charge in [0.25, 0.3) is 5.91 Å². The molecular formula is C19H21N3O2. The minimum absolute atomic E-state index is 0.0544. The number of para-hydroxylation sites is 1. The average Bonchev–Trinajstić information content (AvgIpc) is 3.10. The maximum Gasteiger partial charge on any atom is 0.257 e. The smallest absolute Gasteiger partial charge is 0.257 e. The third-order valence-electron chi connectivity index (χ3n) is 4.04. The molecule has 0 saturated heterocycles. The third kappa shape index (κ3) is 2.97. The number of benzene rings is 1. The van der Waals surface area contributed by atoms with Gasteiger partial charge in [0.15, 0.2) is 0 Å². The molecule has 24 heavy (non-hydrogen) atoms. The number of amides is 1. The Balaban J connectivity index is 1.88. The number of aryl methyl sites for hydroxylation is 2. The second-order valence-electron chi connectivity index (χ2n) is 5.97. The average molecular weight is 323 g/mol. The summed E-state index contributed by atoms with van der Waals surface area (Å²) in [5.41, 5.74) is 3.15. The molecule has 0 N–H and O–H groups in total. The molecule has 0 unspecified atom stereocenters. The van der Waals surface area contributed by atoms with Crippen molar-refractivity contribution in [2.45, 2.75) is 27.3 Å². The summed E-state index contributed by atoms with van der Waals surface area (Å²) in [6, 6.07) is 13.6. The highest BCUT2D eigenvalue weighted by molar-refractivity contribution is 5.96. The molecule has 0 atom stereocenters. The molecule has 5 nitrogen and oxygen atoms in total. The van der Waals surface area contributed by atoms with Crippen LogP contribution < -0.4 is 0 Å². The molecule has 0 fully saturated rings. The van der Waals surface area contributed by atoms with Crippen LogP contribution in [-0.4, -0.2) is 27.6 Å². The van der Waals surface area contributed by atoms with Crippen LogP contribution in [0.3, 0.4) is 0 Å². The van der Waals surface area contributed by atoms with E-state index < -0.39 is 0 Å². The number of carbonyl (C=O) groups is 1. The summed E-state index contributed by atoms with van der Waals surface area (Å²) in [6.45, 7) is 6.11.